The molecule has 1 unspecified atom stereocenters. The lowest BCUT2D eigenvalue weighted by Crippen LogP contribution is -2.44. The summed E-state index contributed by atoms with van der Waals surface area (Å²) in [6.07, 6.45) is 6.48. The minimum absolute atomic E-state index is 0.0815. The summed E-state index contributed by atoms with van der Waals surface area (Å²) < 4.78 is 0. The van der Waals surface area contributed by atoms with Gasteiger partial charge in [0.1, 0.15) is 5.69 Å². The van der Waals surface area contributed by atoms with E-state index in [4.69, 9.17) is 0 Å². The number of hydrogen-bond donors (Lipinski definition) is 3. The molecule has 1 aromatic heterocycles. The Labute approximate surface area is 134 Å². The molecule has 0 spiro atoms. The molecule has 1 aliphatic rings. The maximum Gasteiger partial charge on any atom is 0.287 e. The molecule has 6 heteroatoms. The smallest absolute Gasteiger partial charge is 0.273 e. The molecular weight excluding hydrogens is 292 g/mol. The Morgan fingerprint density at radius 3 is 2.70 bits per heavy atom. The van der Waals surface area contributed by atoms with Crippen LogP contribution in [-0.4, -0.2) is 22.0 Å². The van der Waals surface area contributed by atoms with Crippen molar-refractivity contribution in [3.05, 3.63) is 54.2 Å². The number of rotatable bonds is 3. The van der Waals surface area contributed by atoms with Gasteiger partial charge in [0, 0.05) is 11.5 Å². The van der Waals surface area contributed by atoms with Gasteiger partial charge in [-0.1, -0.05) is 42.5 Å². The number of aromatic amines is 1. The van der Waals surface area contributed by atoms with Crippen molar-refractivity contribution in [2.24, 2.45) is 5.92 Å². The summed E-state index contributed by atoms with van der Waals surface area (Å²) in [6, 6.07) is 11.2. The highest BCUT2D eigenvalue weighted by atomic mass is 16.2. The van der Waals surface area contributed by atoms with Crippen molar-refractivity contribution >= 4 is 11.8 Å². The van der Waals surface area contributed by atoms with Gasteiger partial charge in [-0.3, -0.25) is 25.5 Å². The van der Waals surface area contributed by atoms with Crippen LogP contribution in [0.15, 0.2) is 48.6 Å². The molecule has 3 N–H and O–H groups in total. The van der Waals surface area contributed by atoms with E-state index >= 15 is 0 Å². The Morgan fingerprint density at radius 1 is 1.13 bits per heavy atom. The van der Waals surface area contributed by atoms with E-state index in [1.807, 2.05) is 36.4 Å². The Balaban J connectivity index is 1.57. The van der Waals surface area contributed by atoms with E-state index in [9.17, 15) is 9.59 Å². The molecule has 1 aromatic carbocycles. The second-order valence-electron chi connectivity index (χ2n) is 5.46. The van der Waals surface area contributed by atoms with Crippen molar-refractivity contribution in [1.82, 2.24) is 21.0 Å². The van der Waals surface area contributed by atoms with E-state index in [0.717, 1.165) is 18.4 Å². The standard InChI is InChI=1S/C17H18N4O2/c22-16(13-9-5-2-6-10-13)20-21-17(23)15-11-14(18-19-15)12-7-3-1-4-8-12/h1-5,7-8,11,13H,6,9-10H2,(H,18,19)(H,20,22)(H,21,23). The third-order valence-electron chi connectivity index (χ3n) is 3.83. The summed E-state index contributed by atoms with van der Waals surface area (Å²) in [5.41, 5.74) is 6.80. The van der Waals surface area contributed by atoms with Crippen molar-refractivity contribution < 1.29 is 9.59 Å². The number of nitrogens with one attached hydrogen (secondary N) is 3. The monoisotopic (exact) mass is 310 g/mol. The summed E-state index contributed by atoms with van der Waals surface area (Å²) in [4.78, 5) is 24.0. The average molecular weight is 310 g/mol. The van der Waals surface area contributed by atoms with Crippen LogP contribution in [-0.2, 0) is 4.79 Å². The van der Waals surface area contributed by atoms with Crippen LogP contribution in [0, 0.1) is 5.92 Å². The summed E-state index contributed by atoms with van der Waals surface area (Å²) in [7, 11) is 0. The van der Waals surface area contributed by atoms with Gasteiger partial charge < -0.3 is 0 Å². The molecule has 1 heterocycles. The number of carbonyl (C=O) groups excluding carboxylic acids is 2. The zero-order valence-corrected chi connectivity index (χ0v) is 12.6. The van der Waals surface area contributed by atoms with Gasteiger partial charge in [0.25, 0.3) is 5.91 Å². The third kappa shape index (κ3) is 3.66. The van der Waals surface area contributed by atoms with E-state index in [-0.39, 0.29) is 11.8 Å². The van der Waals surface area contributed by atoms with Crippen LogP contribution in [0.3, 0.4) is 0 Å². The fourth-order valence-electron chi connectivity index (χ4n) is 2.51. The average Bonchev–Trinajstić information content (AvgIpc) is 3.11. The number of hydrogen-bond acceptors (Lipinski definition) is 3. The summed E-state index contributed by atoms with van der Waals surface area (Å²) in [6.45, 7) is 0. The molecule has 1 aliphatic carbocycles. The fraction of sp³-hybridized carbons (Fsp3) is 0.235. The number of benzene rings is 1. The molecule has 0 saturated carbocycles. The summed E-state index contributed by atoms with van der Waals surface area (Å²) in [5, 5.41) is 6.80. The number of hydrazine groups is 1. The molecule has 0 fully saturated rings. The summed E-state index contributed by atoms with van der Waals surface area (Å²) >= 11 is 0. The first-order chi connectivity index (χ1) is 11.2. The van der Waals surface area contributed by atoms with Gasteiger partial charge in [-0.25, -0.2) is 0 Å². The van der Waals surface area contributed by atoms with Crippen molar-refractivity contribution in [2.75, 3.05) is 0 Å². The van der Waals surface area contributed by atoms with Gasteiger partial charge in [-0.05, 0) is 25.3 Å². The van der Waals surface area contributed by atoms with Crippen LogP contribution in [0.1, 0.15) is 29.8 Å². The zero-order chi connectivity index (χ0) is 16.1. The Hall–Kier alpha value is -2.89. The molecule has 1 atom stereocenters. The Morgan fingerprint density at radius 2 is 1.96 bits per heavy atom. The third-order valence-corrected chi connectivity index (χ3v) is 3.83. The molecule has 3 rings (SSSR count). The topological polar surface area (TPSA) is 86.9 Å². The van der Waals surface area contributed by atoms with Crippen LogP contribution >= 0.6 is 0 Å². The Kier molecular flexibility index (Phi) is 4.52. The quantitative estimate of drug-likeness (QED) is 0.600. The minimum Gasteiger partial charge on any atom is -0.273 e. The SMILES string of the molecule is O=C(NNC(=O)C1CC=CCC1)c1cc(-c2ccccc2)n[nH]1. The molecular formula is C17H18N4O2. The Bertz CT molecular complexity index is 721. The van der Waals surface area contributed by atoms with Crippen LogP contribution in [0.5, 0.6) is 0 Å². The van der Waals surface area contributed by atoms with Gasteiger partial charge in [0.15, 0.2) is 0 Å². The number of aromatic nitrogens is 2. The molecule has 23 heavy (non-hydrogen) atoms. The predicted octanol–water partition coefficient (Wildman–Crippen LogP) is 2.19. The van der Waals surface area contributed by atoms with Crippen LogP contribution in [0.2, 0.25) is 0 Å². The highest BCUT2D eigenvalue weighted by Crippen LogP contribution is 2.18. The fourth-order valence-corrected chi connectivity index (χ4v) is 2.51. The van der Waals surface area contributed by atoms with Gasteiger partial charge in [0.05, 0.1) is 5.69 Å². The first kappa shape index (κ1) is 15.0. The van der Waals surface area contributed by atoms with Gasteiger partial charge in [0.2, 0.25) is 5.91 Å². The zero-order valence-electron chi connectivity index (χ0n) is 12.6. The number of nitrogens with zero attached hydrogens (tertiary/aromatic N) is 1. The first-order valence-corrected chi connectivity index (χ1v) is 7.60. The van der Waals surface area contributed by atoms with Crippen LogP contribution < -0.4 is 10.9 Å². The van der Waals surface area contributed by atoms with E-state index < -0.39 is 5.91 Å². The predicted molar refractivity (Wildman–Crippen MR) is 86.1 cm³/mol. The van der Waals surface area contributed by atoms with Crippen molar-refractivity contribution in [3.8, 4) is 11.3 Å². The lowest BCUT2D eigenvalue weighted by molar-refractivity contribution is -0.126. The lowest BCUT2D eigenvalue weighted by Gasteiger charge is -2.17. The largest absolute Gasteiger partial charge is 0.287 e. The van der Waals surface area contributed by atoms with Gasteiger partial charge in [-0.15, -0.1) is 0 Å². The molecule has 0 radical (unpaired) electrons. The second kappa shape index (κ2) is 6.91. The number of amides is 2. The molecule has 118 valence electrons. The molecule has 0 bridgehead atoms. The van der Waals surface area contributed by atoms with E-state index in [1.165, 1.54) is 0 Å². The van der Waals surface area contributed by atoms with E-state index in [0.29, 0.717) is 17.8 Å². The minimum atomic E-state index is -0.417. The number of allylic oxidation sites excluding steroid dienone is 2. The van der Waals surface area contributed by atoms with Crippen LogP contribution in [0.25, 0.3) is 11.3 Å². The van der Waals surface area contributed by atoms with Gasteiger partial charge in [-0.2, -0.15) is 5.10 Å². The highest BCUT2D eigenvalue weighted by molar-refractivity contribution is 5.94. The molecule has 2 aromatic rings. The number of carbonyl (C=O) groups is 2. The van der Waals surface area contributed by atoms with E-state index in [2.05, 4.69) is 27.1 Å². The normalized spacial score (nSPS) is 16.8. The van der Waals surface area contributed by atoms with Crippen molar-refractivity contribution in [2.45, 2.75) is 19.3 Å². The first-order valence-electron chi connectivity index (χ1n) is 7.60. The molecule has 6 nitrogen and oxygen atoms in total. The number of H-pyrrole nitrogens is 1. The summed E-state index contributed by atoms with van der Waals surface area (Å²) in [5.74, 6) is -0.660. The highest BCUT2D eigenvalue weighted by Gasteiger charge is 2.19. The lowest BCUT2D eigenvalue weighted by atomic mass is 9.94. The van der Waals surface area contributed by atoms with Gasteiger partial charge >= 0.3 is 0 Å². The van der Waals surface area contributed by atoms with Crippen LogP contribution in [0.4, 0.5) is 0 Å². The van der Waals surface area contributed by atoms with Crippen molar-refractivity contribution in [1.29, 1.82) is 0 Å². The maximum absolute atomic E-state index is 12.1. The molecule has 0 saturated heterocycles. The molecule has 2 amide bonds. The maximum atomic E-state index is 12.1. The molecule has 0 aliphatic heterocycles. The van der Waals surface area contributed by atoms with E-state index in [1.54, 1.807) is 6.07 Å². The second-order valence-corrected chi connectivity index (χ2v) is 5.46. The van der Waals surface area contributed by atoms with Crippen molar-refractivity contribution in [3.63, 3.8) is 0 Å².